The van der Waals surface area contributed by atoms with Gasteiger partial charge in [-0.1, -0.05) is 11.6 Å². The molecular formula is C25H25ClF2N6O4S. The molecule has 6 rings (SSSR count). The van der Waals surface area contributed by atoms with Crippen molar-refractivity contribution >= 4 is 38.9 Å². The van der Waals surface area contributed by atoms with Crippen molar-refractivity contribution in [2.75, 3.05) is 36.5 Å². The minimum atomic E-state index is -3.59. The number of sulfone groups is 1. The Bertz CT molecular complexity index is 1500. The third-order valence-corrected chi connectivity index (χ3v) is 9.78. The van der Waals surface area contributed by atoms with Crippen LogP contribution in [-0.2, 0) is 14.6 Å². The van der Waals surface area contributed by atoms with Crippen LogP contribution < -0.4 is 15.0 Å². The Morgan fingerprint density at radius 1 is 1.08 bits per heavy atom. The number of aromatic nitrogens is 4. The van der Waals surface area contributed by atoms with Gasteiger partial charge in [0.25, 0.3) is 5.88 Å². The minimum Gasteiger partial charge on any atom is -0.471 e. The van der Waals surface area contributed by atoms with Crippen molar-refractivity contribution in [2.24, 2.45) is 11.8 Å². The molecule has 2 aliphatic heterocycles. The molecule has 3 fully saturated rings. The summed E-state index contributed by atoms with van der Waals surface area (Å²) in [4.78, 5) is 18.5. The number of nitrogens with one attached hydrogen (secondary N) is 1. The average molecular weight is 579 g/mol. The molecule has 39 heavy (non-hydrogen) atoms. The number of piperidine rings is 1. The van der Waals surface area contributed by atoms with E-state index in [9.17, 15) is 12.8 Å². The molecule has 3 aromatic rings. The van der Waals surface area contributed by atoms with Crippen molar-refractivity contribution < 1.29 is 26.7 Å². The third kappa shape index (κ3) is 5.10. The van der Waals surface area contributed by atoms with Crippen LogP contribution in [0.2, 0.25) is 5.02 Å². The van der Waals surface area contributed by atoms with E-state index in [0.29, 0.717) is 55.7 Å². The van der Waals surface area contributed by atoms with E-state index in [1.807, 2.05) is 4.90 Å². The molecule has 206 valence electrons. The van der Waals surface area contributed by atoms with Crippen LogP contribution in [0.1, 0.15) is 18.4 Å². The molecule has 2 atom stereocenters. The number of hydrogen-bond donors (Lipinski definition) is 1. The van der Waals surface area contributed by atoms with Gasteiger partial charge in [0.2, 0.25) is 11.8 Å². The Morgan fingerprint density at radius 2 is 1.77 bits per heavy atom. The fraction of sp³-hybridized carbons (Fsp3) is 0.440. The second-order valence-corrected chi connectivity index (χ2v) is 12.7. The van der Waals surface area contributed by atoms with Crippen molar-refractivity contribution in [3.05, 3.63) is 53.1 Å². The van der Waals surface area contributed by atoms with Gasteiger partial charge in [0.05, 0.1) is 46.5 Å². The van der Waals surface area contributed by atoms with E-state index in [1.165, 1.54) is 18.5 Å². The lowest BCUT2D eigenvalue weighted by atomic mass is 9.84. The number of ether oxygens (including phenoxy) is 2. The maximum Gasteiger partial charge on any atom is 0.256 e. The Balaban J connectivity index is 1.20. The molecule has 10 nitrogen and oxygen atoms in total. The number of nitrogens with zero attached hydrogens (tertiary/aromatic N) is 5. The standard InChI is InChI=1S/C25H25ClF2N6O4S/c1-13-4-19(18(27)5-20(13)39(35,36)17-2-3-17)33-23-21(28)24(32-12-31-23)38-22-14-8-34(9-15(22)11-37-10-14)25-29-6-16(26)7-30-25/h4-7,12,14-15,17,22H,2-3,8-11H2,1H3,(H,31,32,33). The smallest absolute Gasteiger partial charge is 0.256 e. The van der Waals surface area contributed by atoms with Crippen molar-refractivity contribution in [1.29, 1.82) is 0 Å². The number of halogens is 3. The Labute approximate surface area is 228 Å². The van der Waals surface area contributed by atoms with Crippen molar-refractivity contribution in [2.45, 2.75) is 36.0 Å². The van der Waals surface area contributed by atoms with E-state index in [-0.39, 0.29) is 40.2 Å². The molecular weight excluding hydrogens is 554 g/mol. The summed E-state index contributed by atoms with van der Waals surface area (Å²) < 4.78 is 67.4. The van der Waals surface area contributed by atoms with Gasteiger partial charge in [-0.05, 0) is 37.5 Å². The summed E-state index contributed by atoms with van der Waals surface area (Å²) in [6.45, 7) is 3.45. The Morgan fingerprint density at radius 3 is 2.44 bits per heavy atom. The normalized spacial score (nSPS) is 23.0. The van der Waals surface area contributed by atoms with E-state index >= 15 is 4.39 Å². The van der Waals surface area contributed by atoms with E-state index in [1.54, 1.807) is 6.92 Å². The van der Waals surface area contributed by atoms with Crippen LogP contribution in [0.3, 0.4) is 0 Å². The van der Waals surface area contributed by atoms with E-state index in [2.05, 4.69) is 25.3 Å². The van der Waals surface area contributed by atoms with Crippen LogP contribution >= 0.6 is 11.6 Å². The first-order chi connectivity index (χ1) is 18.7. The van der Waals surface area contributed by atoms with Gasteiger partial charge in [0, 0.05) is 24.9 Å². The summed E-state index contributed by atoms with van der Waals surface area (Å²) in [6.07, 6.45) is 4.95. The predicted molar refractivity (Wildman–Crippen MR) is 138 cm³/mol. The zero-order valence-corrected chi connectivity index (χ0v) is 22.4. The quantitative estimate of drug-likeness (QED) is 0.444. The summed E-state index contributed by atoms with van der Waals surface area (Å²) >= 11 is 5.91. The average Bonchev–Trinajstić information content (AvgIpc) is 3.75. The molecule has 4 heterocycles. The van der Waals surface area contributed by atoms with Gasteiger partial charge in [-0.25, -0.2) is 27.8 Å². The highest BCUT2D eigenvalue weighted by molar-refractivity contribution is 7.92. The van der Waals surface area contributed by atoms with E-state index < -0.39 is 26.7 Å². The molecule has 1 aromatic carbocycles. The molecule has 2 saturated heterocycles. The van der Waals surface area contributed by atoms with Crippen molar-refractivity contribution in [3.63, 3.8) is 0 Å². The van der Waals surface area contributed by atoms with E-state index in [0.717, 1.165) is 12.4 Å². The zero-order chi connectivity index (χ0) is 27.3. The highest BCUT2D eigenvalue weighted by atomic mass is 35.5. The van der Waals surface area contributed by atoms with Crippen LogP contribution in [-0.4, -0.2) is 66.0 Å². The van der Waals surface area contributed by atoms with Gasteiger partial charge in [0.1, 0.15) is 18.2 Å². The maximum absolute atomic E-state index is 15.5. The van der Waals surface area contributed by atoms with Crippen molar-refractivity contribution in [3.8, 4) is 5.88 Å². The SMILES string of the molecule is Cc1cc(Nc2ncnc(OC3C4COCC3CN(c3ncc(Cl)cn3)C4)c2F)c(F)cc1S(=O)(=O)C1CC1. The second kappa shape index (κ2) is 10.1. The van der Waals surface area contributed by atoms with Crippen molar-refractivity contribution in [1.82, 2.24) is 19.9 Å². The molecule has 1 aliphatic carbocycles. The lowest BCUT2D eigenvalue weighted by Gasteiger charge is -2.46. The molecule has 1 saturated carbocycles. The summed E-state index contributed by atoms with van der Waals surface area (Å²) in [6, 6.07) is 2.31. The molecule has 0 amide bonds. The number of aryl methyl sites for hydroxylation is 1. The van der Waals surface area contributed by atoms with Crippen LogP contribution in [0.25, 0.3) is 0 Å². The monoisotopic (exact) mass is 578 g/mol. The summed E-state index contributed by atoms with van der Waals surface area (Å²) in [7, 11) is -3.59. The van der Waals surface area contributed by atoms with Gasteiger partial charge in [-0.3, -0.25) is 0 Å². The molecule has 1 N–H and O–H groups in total. The van der Waals surface area contributed by atoms with E-state index in [4.69, 9.17) is 21.1 Å². The lowest BCUT2D eigenvalue weighted by Crippen LogP contribution is -2.58. The van der Waals surface area contributed by atoms with Gasteiger partial charge in [0.15, 0.2) is 15.7 Å². The molecule has 2 bridgehead atoms. The van der Waals surface area contributed by atoms with Gasteiger partial charge in [-0.15, -0.1) is 0 Å². The number of hydrogen-bond acceptors (Lipinski definition) is 10. The largest absolute Gasteiger partial charge is 0.471 e. The molecule has 2 aromatic heterocycles. The third-order valence-electron chi connectivity index (χ3n) is 7.19. The molecule has 0 spiro atoms. The fourth-order valence-electron chi connectivity index (χ4n) is 5.13. The Kier molecular flexibility index (Phi) is 6.76. The van der Waals surface area contributed by atoms with Crippen LogP contribution in [0.4, 0.5) is 26.2 Å². The molecule has 3 aliphatic rings. The number of fused-ring (bicyclic) bond motifs is 2. The second-order valence-electron chi connectivity index (χ2n) is 10.1. The summed E-state index contributed by atoms with van der Waals surface area (Å²) in [5.74, 6) is -1.94. The molecule has 0 radical (unpaired) electrons. The van der Waals surface area contributed by atoms with Gasteiger partial charge >= 0.3 is 0 Å². The zero-order valence-electron chi connectivity index (χ0n) is 20.8. The topological polar surface area (TPSA) is 119 Å². The van der Waals surface area contributed by atoms with Crippen LogP contribution in [0.5, 0.6) is 5.88 Å². The first-order valence-corrected chi connectivity index (χ1v) is 14.4. The molecule has 14 heteroatoms. The van der Waals surface area contributed by atoms with Crippen LogP contribution in [0.15, 0.2) is 35.7 Å². The first-order valence-electron chi connectivity index (χ1n) is 12.5. The Hall–Kier alpha value is -3.16. The molecule has 2 unspecified atom stereocenters. The predicted octanol–water partition coefficient (Wildman–Crippen LogP) is 3.72. The highest BCUT2D eigenvalue weighted by Gasteiger charge is 2.43. The number of anilines is 3. The van der Waals surface area contributed by atoms with Gasteiger partial charge in [-0.2, -0.15) is 9.37 Å². The highest BCUT2D eigenvalue weighted by Crippen LogP contribution is 2.37. The lowest BCUT2D eigenvalue weighted by molar-refractivity contribution is -0.0780. The summed E-state index contributed by atoms with van der Waals surface area (Å²) in [5, 5.41) is 2.60. The van der Waals surface area contributed by atoms with Crippen LogP contribution in [0, 0.1) is 30.4 Å². The summed E-state index contributed by atoms with van der Waals surface area (Å²) in [5.41, 5.74) is 0.258. The maximum atomic E-state index is 15.5. The first kappa shape index (κ1) is 26.1. The van der Waals surface area contributed by atoms with Gasteiger partial charge < -0.3 is 19.7 Å². The fourth-order valence-corrected chi connectivity index (χ4v) is 7.12. The number of benzene rings is 1. The minimum absolute atomic E-state index is 0.0515. The number of rotatable bonds is 7.